The van der Waals surface area contributed by atoms with E-state index in [4.69, 9.17) is 0 Å². The Balaban J connectivity index is 1.71. The number of urea groups is 1. The van der Waals surface area contributed by atoms with E-state index < -0.39 is 30.3 Å². The van der Waals surface area contributed by atoms with Gasteiger partial charge < -0.3 is 10.6 Å². The Morgan fingerprint density at radius 3 is 2.32 bits per heavy atom. The van der Waals surface area contributed by atoms with Crippen molar-refractivity contribution in [2.75, 3.05) is 26.2 Å². The molecule has 0 unspecified atom stereocenters. The second kappa shape index (κ2) is 9.31. The van der Waals surface area contributed by atoms with E-state index in [0.717, 1.165) is 17.7 Å². The minimum atomic E-state index is -0.974. The van der Waals surface area contributed by atoms with Gasteiger partial charge in [0.15, 0.2) is 0 Å². The third kappa shape index (κ3) is 5.12. The number of hydrogen-bond donors (Lipinski definition) is 2. The summed E-state index contributed by atoms with van der Waals surface area (Å²) in [7, 11) is 0. The van der Waals surface area contributed by atoms with Crippen LogP contribution in [0.15, 0.2) is 12.7 Å². The molecule has 0 aromatic rings. The van der Waals surface area contributed by atoms with Crippen molar-refractivity contribution in [1.82, 2.24) is 20.4 Å². The molecule has 1 saturated heterocycles. The summed E-state index contributed by atoms with van der Waals surface area (Å²) >= 11 is 0. The predicted molar refractivity (Wildman–Crippen MR) is 91.5 cm³/mol. The molecule has 1 aliphatic heterocycles. The zero-order chi connectivity index (χ0) is 18.2. The standard InChI is InChI=1S/C17H26N4O4/c1-2-11-20-15(23)16(24)21(17(20)25)12-14(22)19-10-9-18-13-7-5-3-4-6-8-13/h2,13,18H,1,3-12H2,(H,19,22). The van der Waals surface area contributed by atoms with Crippen LogP contribution in [0, 0.1) is 0 Å². The first kappa shape index (κ1) is 19.1. The highest BCUT2D eigenvalue weighted by Crippen LogP contribution is 2.16. The number of hydrogen-bond acceptors (Lipinski definition) is 5. The van der Waals surface area contributed by atoms with Gasteiger partial charge in [-0.2, -0.15) is 0 Å². The summed E-state index contributed by atoms with van der Waals surface area (Å²) in [4.78, 5) is 48.8. The van der Waals surface area contributed by atoms with Crippen LogP contribution in [-0.4, -0.2) is 65.8 Å². The van der Waals surface area contributed by atoms with Gasteiger partial charge in [-0.25, -0.2) is 9.69 Å². The molecule has 0 spiro atoms. The van der Waals surface area contributed by atoms with Crippen molar-refractivity contribution in [3.8, 4) is 0 Å². The van der Waals surface area contributed by atoms with Crippen molar-refractivity contribution in [2.24, 2.45) is 0 Å². The Labute approximate surface area is 147 Å². The van der Waals surface area contributed by atoms with Gasteiger partial charge in [0.05, 0.1) is 0 Å². The Kier molecular flexibility index (Phi) is 7.12. The number of rotatable bonds is 8. The van der Waals surface area contributed by atoms with Gasteiger partial charge >= 0.3 is 17.8 Å². The van der Waals surface area contributed by atoms with Crippen molar-refractivity contribution in [2.45, 2.75) is 44.6 Å². The van der Waals surface area contributed by atoms with Crippen LogP contribution in [0.25, 0.3) is 0 Å². The van der Waals surface area contributed by atoms with Crippen molar-refractivity contribution in [1.29, 1.82) is 0 Å². The van der Waals surface area contributed by atoms with Gasteiger partial charge in [-0.05, 0) is 12.8 Å². The van der Waals surface area contributed by atoms with E-state index in [2.05, 4.69) is 17.2 Å². The summed E-state index contributed by atoms with van der Waals surface area (Å²) < 4.78 is 0. The van der Waals surface area contributed by atoms with Gasteiger partial charge in [-0.3, -0.25) is 19.3 Å². The molecule has 0 aromatic carbocycles. The summed E-state index contributed by atoms with van der Waals surface area (Å²) in [6, 6.07) is -0.284. The van der Waals surface area contributed by atoms with Gasteiger partial charge in [0.25, 0.3) is 0 Å². The Morgan fingerprint density at radius 1 is 1.04 bits per heavy atom. The first-order valence-electron chi connectivity index (χ1n) is 8.83. The van der Waals surface area contributed by atoms with E-state index in [9.17, 15) is 19.2 Å². The molecule has 8 nitrogen and oxygen atoms in total. The molecule has 2 rings (SSSR count). The molecule has 8 heteroatoms. The van der Waals surface area contributed by atoms with Crippen molar-refractivity contribution < 1.29 is 19.2 Å². The van der Waals surface area contributed by atoms with Crippen LogP contribution in [-0.2, 0) is 14.4 Å². The first-order chi connectivity index (χ1) is 12.0. The lowest BCUT2D eigenvalue weighted by molar-refractivity contribution is -0.143. The SMILES string of the molecule is C=CCN1C(=O)C(=O)N(CC(=O)NCCNC2CCCCCC2)C1=O. The van der Waals surface area contributed by atoms with E-state index in [0.29, 0.717) is 24.0 Å². The summed E-state index contributed by atoms with van der Waals surface area (Å²) in [6.07, 6.45) is 8.71. The molecule has 0 atom stereocenters. The maximum atomic E-state index is 12.0. The molecular weight excluding hydrogens is 324 g/mol. The molecule has 5 amide bonds. The fourth-order valence-corrected chi connectivity index (χ4v) is 3.14. The van der Waals surface area contributed by atoms with Gasteiger partial charge in [0.1, 0.15) is 6.54 Å². The van der Waals surface area contributed by atoms with Gasteiger partial charge in [0, 0.05) is 25.7 Å². The number of carbonyl (C=O) groups is 4. The fourth-order valence-electron chi connectivity index (χ4n) is 3.14. The van der Waals surface area contributed by atoms with Crippen LogP contribution in [0.3, 0.4) is 0 Å². The summed E-state index contributed by atoms with van der Waals surface area (Å²) in [5.74, 6) is -2.36. The lowest BCUT2D eigenvalue weighted by atomic mass is 10.1. The minimum Gasteiger partial charge on any atom is -0.353 e. The molecule has 0 bridgehead atoms. The van der Waals surface area contributed by atoms with Gasteiger partial charge in [-0.1, -0.05) is 31.8 Å². The topological polar surface area (TPSA) is 98.8 Å². The summed E-state index contributed by atoms with van der Waals surface area (Å²) in [5, 5.41) is 6.09. The summed E-state index contributed by atoms with van der Waals surface area (Å²) in [5.41, 5.74) is 0. The molecule has 138 valence electrons. The molecule has 1 aliphatic carbocycles. The van der Waals surface area contributed by atoms with E-state index in [1.165, 1.54) is 31.8 Å². The largest absolute Gasteiger partial charge is 0.353 e. The molecule has 2 fully saturated rings. The number of carbonyl (C=O) groups excluding carboxylic acids is 4. The number of amides is 5. The molecule has 2 aliphatic rings. The molecule has 1 saturated carbocycles. The zero-order valence-corrected chi connectivity index (χ0v) is 14.5. The van der Waals surface area contributed by atoms with E-state index in [-0.39, 0.29) is 6.54 Å². The third-order valence-electron chi connectivity index (χ3n) is 4.48. The van der Waals surface area contributed by atoms with Crippen LogP contribution in [0.2, 0.25) is 0 Å². The zero-order valence-electron chi connectivity index (χ0n) is 14.5. The Morgan fingerprint density at radius 2 is 1.68 bits per heavy atom. The molecular formula is C17H26N4O4. The molecule has 1 heterocycles. The molecule has 25 heavy (non-hydrogen) atoms. The summed E-state index contributed by atoms with van der Waals surface area (Å²) in [6.45, 7) is 3.99. The van der Waals surface area contributed by atoms with E-state index >= 15 is 0 Å². The predicted octanol–water partition coefficient (Wildman–Crippen LogP) is 0.392. The van der Waals surface area contributed by atoms with Crippen LogP contribution in [0.5, 0.6) is 0 Å². The monoisotopic (exact) mass is 350 g/mol. The fraction of sp³-hybridized carbons (Fsp3) is 0.647. The second-order valence-electron chi connectivity index (χ2n) is 6.37. The molecule has 2 N–H and O–H groups in total. The van der Waals surface area contributed by atoms with Gasteiger partial charge in [-0.15, -0.1) is 6.58 Å². The van der Waals surface area contributed by atoms with Crippen molar-refractivity contribution in [3.05, 3.63) is 12.7 Å². The van der Waals surface area contributed by atoms with E-state index in [1.807, 2.05) is 0 Å². The number of imide groups is 2. The van der Waals surface area contributed by atoms with Crippen molar-refractivity contribution >= 4 is 23.8 Å². The smallest absolute Gasteiger partial charge is 0.335 e. The molecule has 0 radical (unpaired) electrons. The van der Waals surface area contributed by atoms with E-state index in [1.54, 1.807) is 0 Å². The Hall–Kier alpha value is -2.22. The average Bonchev–Trinajstić information content (AvgIpc) is 2.82. The van der Waals surface area contributed by atoms with Crippen LogP contribution < -0.4 is 10.6 Å². The van der Waals surface area contributed by atoms with Crippen molar-refractivity contribution in [3.63, 3.8) is 0 Å². The average molecular weight is 350 g/mol. The number of nitrogens with one attached hydrogen (secondary N) is 2. The first-order valence-corrected chi connectivity index (χ1v) is 8.83. The second-order valence-corrected chi connectivity index (χ2v) is 6.37. The normalized spacial score (nSPS) is 19.3. The highest BCUT2D eigenvalue weighted by atomic mass is 16.2. The maximum absolute atomic E-state index is 12.0. The van der Waals surface area contributed by atoms with Crippen LogP contribution in [0.1, 0.15) is 38.5 Å². The van der Waals surface area contributed by atoms with Crippen LogP contribution in [0.4, 0.5) is 4.79 Å². The highest BCUT2D eigenvalue weighted by Gasteiger charge is 2.44. The maximum Gasteiger partial charge on any atom is 0.335 e. The van der Waals surface area contributed by atoms with Gasteiger partial charge in [0.2, 0.25) is 5.91 Å². The number of nitrogens with zero attached hydrogens (tertiary/aromatic N) is 2. The van der Waals surface area contributed by atoms with Crippen LogP contribution >= 0.6 is 0 Å². The molecule has 0 aromatic heterocycles. The Bertz CT molecular complexity index is 541. The third-order valence-corrected chi connectivity index (χ3v) is 4.48. The highest BCUT2D eigenvalue weighted by molar-refractivity contribution is 6.45. The lowest BCUT2D eigenvalue weighted by Crippen LogP contribution is -2.43. The minimum absolute atomic E-state index is 0.0488. The quantitative estimate of drug-likeness (QED) is 0.217. The lowest BCUT2D eigenvalue weighted by Gasteiger charge is -2.17.